The van der Waals surface area contributed by atoms with E-state index in [4.69, 9.17) is 5.26 Å². The fourth-order valence-electron chi connectivity index (χ4n) is 2.67. The maximum absolute atomic E-state index is 12.2. The molecule has 118 valence electrons. The number of rotatable bonds is 4. The first-order valence-corrected chi connectivity index (χ1v) is 7.63. The minimum atomic E-state index is -0.806. The second-order valence-electron chi connectivity index (χ2n) is 5.49. The topological polar surface area (TPSA) is 73.1 Å². The molecule has 0 radical (unpaired) electrons. The van der Waals surface area contributed by atoms with Crippen molar-refractivity contribution in [2.24, 2.45) is 0 Å². The van der Waals surface area contributed by atoms with Crippen molar-refractivity contribution in [2.75, 3.05) is 6.54 Å². The van der Waals surface area contributed by atoms with Crippen LogP contribution in [0.5, 0.6) is 0 Å². The molecular weight excluding hydrogens is 300 g/mol. The van der Waals surface area contributed by atoms with E-state index < -0.39 is 6.10 Å². The third-order valence-corrected chi connectivity index (χ3v) is 3.89. The van der Waals surface area contributed by atoms with Crippen LogP contribution >= 0.6 is 0 Å². The molecule has 4 heteroatoms. The highest BCUT2D eigenvalue weighted by Crippen LogP contribution is 2.23. The van der Waals surface area contributed by atoms with Gasteiger partial charge in [0.2, 0.25) is 0 Å². The summed E-state index contributed by atoms with van der Waals surface area (Å²) in [5, 5.41) is 24.1. The van der Waals surface area contributed by atoms with Crippen LogP contribution in [0.1, 0.15) is 27.6 Å². The lowest BCUT2D eigenvalue weighted by Gasteiger charge is -2.15. The number of carbonyl (C=O) groups excluding carboxylic acids is 1. The van der Waals surface area contributed by atoms with Gasteiger partial charge in [0.1, 0.15) is 0 Å². The first-order valence-electron chi connectivity index (χ1n) is 7.63. The molecule has 3 aromatic rings. The smallest absolute Gasteiger partial charge is 0.251 e. The molecule has 2 N–H and O–H groups in total. The summed E-state index contributed by atoms with van der Waals surface area (Å²) >= 11 is 0. The summed E-state index contributed by atoms with van der Waals surface area (Å²) in [6.45, 7) is 0.101. The number of benzene rings is 3. The van der Waals surface area contributed by atoms with Crippen LogP contribution in [0.25, 0.3) is 10.8 Å². The number of hydrogen-bond acceptors (Lipinski definition) is 3. The highest BCUT2D eigenvalue weighted by atomic mass is 16.3. The number of hydrogen-bond donors (Lipinski definition) is 2. The van der Waals surface area contributed by atoms with Gasteiger partial charge in [-0.25, -0.2) is 0 Å². The predicted octanol–water partition coefficient (Wildman–Crippen LogP) is 3.17. The van der Waals surface area contributed by atoms with E-state index in [1.54, 1.807) is 18.2 Å². The number of nitrogens with zero attached hydrogens (tertiary/aromatic N) is 1. The molecule has 1 amide bonds. The highest BCUT2D eigenvalue weighted by molar-refractivity contribution is 5.94. The minimum absolute atomic E-state index is 0.101. The maximum Gasteiger partial charge on any atom is 0.251 e. The van der Waals surface area contributed by atoms with Crippen molar-refractivity contribution < 1.29 is 9.90 Å². The predicted molar refractivity (Wildman–Crippen MR) is 92.4 cm³/mol. The van der Waals surface area contributed by atoms with Crippen molar-refractivity contribution in [3.8, 4) is 6.07 Å². The Kier molecular flexibility index (Phi) is 4.55. The molecule has 0 aliphatic rings. The van der Waals surface area contributed by atoms with Gasteiger partial charge in [0, 0.05) is 12.1 Å². The highest BCUT2D eigenvalue weighted by Gasteiger charge is 2.13. The van der Waals surface area contributed by atoms with Crippen molar-refractivity contribution in [2.45, 2.75) is 6.10 Å². The van der Waals surface area contributed by atoms with Crippen LogP contribution in [-0.2, 0) is 0 Å². The van der Waals surface area contributed by atoms with Crippen molar-refractivity contribution in [1.29, 1.82) is 5.26 Å². The van der Waals surface area contributed by atoms with Gasteiger partial charge in [-0.2, -0.15) is 5.26 Å². The first kappa shape index (κ1) is 15.7. The number of carbonyl (C=O) groups is 1. The molecule has 0 fully saturated rings. The fourth-order valence-corrected chi connectivity index (χ4v) is 2.67. The molecule has 0 spiro atoms. The molecule has 24 heavy (non-hydrogen) atoms. The zero-order valence-corrected chi connectivity index (χ0v) is 12.9. The molecule has 0 unspecified atom stereocenters. The summed E-state index contributed by atoms with van der Waals surface area (Å²) in [6.07, 6.45) is -0.806. The van der Waals surface area contributed by atoms with E-state index in [2.05, 4.69) is 5.32 Å². The van der Waals surface area contributed by atoms with Gasteiger partial charge in [-0.05, 0) is 34.5 Å². The zero-order valence-electron chi connectivity index (χ0n) is 12.9. The van der Waals surface area contributed by atoms with Crippen molar-refractivity contribution in [3.05, 3.63) is 83.4 Å². The standard InChI is InChI=1S/C20H16N2O2/c21-12-14-5-3-8-16(11-14)20(24)22-13-19(23)18-10-4-7-15-6-1-2-9-17(15)18/h1-11,19,23H,13H2,(H,22,24)/t19-/m1/s1. The lowest BCUT2D eigenvalue weighted by molar-refractivity contribution is 0.0917. The fraction of sp³-hybridized carbons (Fsp3) is 0.100. The molecule has 0 heterocycles. The van der Waals surface area contributed by atoms with E-state index in [9.17, 15) is 9.90 Å². The van der Waals surface area contributed by atoms with Gasteiger partial charge in [-0.15, -0.1) is 0 Å². The lowest BCUT2D eigenvalue weighted by atomic mass is 10.0. The van der Waals surface area contributed by atoms with Crippen LogP contribution in [0.2, 0.25) is 0 Å². The third kappa shape index (κ3) is 3.27. The van der Waals surface area contributed by atoms with Gasteiger partial charge in [0.25, 0.3) is 5.91 Å². The molecule has 3 aromatic carbocycles. The van der Waals surface area contributed by atoms with Crippen LogP contribution < -0.4 is 5.32 Å². The number of amides is 1. The Bertz CT molecular complexity index is 923. The van der Waals surface area contributed by atoms with E-state index in [-0.39, 0.29) is 12.5 Å². The summed E-state index contributed by atoms with van der Waals surface area (Å²) in [5.74, 6) is -0.314. The summed E-state index contributed by atoms with van der Waals surface area (Å²) in [5.41, 5.74) is 1.61. The van der Waals surface area contributed by atoms with E-state index in [1.807, 2.05) is 48.5 Å². The van der Waals surface area contributed by atoms with Crippen LogP contribution in [-0.4, -0.2) is 17.6 Å². The number of aliphatic hydroxyl groups is 1. The largest absolute Gasteiger partial charge is 0.387 e. The van der Waals surface area contributed by atoms with E-state index in [1.165, 1.54) is 6.07 Å². The van der Waals surface area contributed by atoms with E-state index in [0.29, 0.717) is 11.1 Å². The Labute approximate surface area is 140 Å². The molecule has 0 aliphatic heterocycles. The summed E-state index contributed by atoms with van der Waals surface area (Å²) < 4.78 is 0. The SMILES string of the molecule is N#Cc1cccc(C(=O)NC[C@@H](O)c2cccc3ccccc23)c1. The average Bonchev–Trinajstić information content (AvgIpc) is 2.65. The molecule has 3 rings (SSSR count). The zero-order chi connectivity index (χ0) is 16.9. The van der Waals surface area contributed by atoms with E-state index >= 15 is 0 Å². The summed E-state index contributed by atoms with van der Waals surface area (Å²) in [6, 6.07) is 22.0. The van der Waals surface area contributed by atoms with Crippen molar-refractivity contribution >= 4 is 16.7 Å². The Morgan fingerprint density at radius 1 is 1.08 bits per heavy atom. The van der Waals surface area contributed by atoms with Crippen LogP contribution in [0, 0.1) is 11.3 Å². The molecule has 0 saturated carbocycles. The van der Waals surface area contributed by atoms with Crippen molar-refractivity contribution in [3.63, 3.8) is 0 Å². The van der Waals surface area contributed by atoms with Gasteiger partial charge >= 0.3 is 0 Å². The Morgan fingerprint density at radius 3 is 2.67 bits per heavy atom. The van der Waals surface area contributed by atoms with Crippen LogP contribution in [0.15, 0.2) is 66.7 Å². The van der Waals surface area contributed by atoms with Gasteiger partial charge < -0.3 is 10.4 Å². The number of nitriles is 1. The molecule has 0 aromatic heterocycles. The normalized spacial score (nSPS) is 11.7. The molecule has 1 atom stereocenters. The Balaban J connectivity index is 1.74. The quantitative estimate of drug-likeness (QED) is 0.776. The molecular formula is C20H16N2O2. The minimum Gasteiger partial charge on any atom is -0.387 e. The molecule has 0 saturated heterocycles. The number of fused-ring (bicyclic) bond motifs is 1. The van der Waals surface area contributed by atoms with Crippen LogP contribution in [0.3, 0.4) is 0 Å². The van der Waals surface area contributed by atoms with Gasteiger partial charge in [-0.1, -0.05) is 48.5 Å². The Morgan fingerprint density at radius 2 is 1.83 bits per heavy atom. The van der Waals surface area contributed by atoms with Gasteiger partial charge in [-0.3, -0.25) is 4.79 Å². The Hall–Kier alpha value is -3.16. The maximum atomic E-state index is 12.2. The van der Waals surface area contributed by atoms with Gasteiger partial charge in [0.05, 0.1) is 17.7 Å². The monoisotopic (exact) mass is 316 g/mol. The summed E-state index contributed by atoms with van der Waals surface area (Å²) in [4.78, 5) is 12.2. The lowest BCUT2D eigenvalue weighted by Crippen LogP contribution is -2.28. The number of aliphatic hydroxyl groups excluding tert-OH is 1. The number of nitrogens with one attached hydrogen (secondary N) is 1. The second-order valence-corrected chi connectivity index (χ2v) is 5.49. The molecule has 0 aliphatic carbocycles. The summed E-state index contributed by atoms with van der Waals surface area (Å²) in [7, 11) is 0. The average molecular weight is 316 g/mol. The second kappa shape index (κ2) is 6.95. The molecule has 4 nitrogen and oxygen atoms in total. The third-order valence-electron chi connectivity index (χ3n) is 3.89. The van der Waals surface area contributed by atoms with Gasteiger partial charge in [0.15, 0.2) is 0 Å². The van der Waals surface area contributed by atoms with Crippen molar-refractivity contribution in [1.82, 2.24) is 5.32 Å². The van der Waals surface area contributed by atoms with Crippen LogP contribution in [0.4, 0.5) is 0 Å². The first-order chi connectivity index (χ1) is 11.7. The van der Waals surface area contributed by atoms with E-state index in [0.717, 1.165) is 16.3 Å². The molecule has 0 bridgehead atoms.